The van der Waals surface area contributed by atoms with E-state index >= 15 is 0 Å². The summed E-state index contributed by atoms with van der Waals surface area (Å²) >= 11 is 0. The van der Waals surface area contributed by atoms with Crippen LogP contribution in [0.25, 0.3) is 0 Å². The van der Waals surface area contributed by atoms with Crippen LogP contribution in [-0.2, 0) is 13.5 Å². The predicted octanol–water partition coefficient (Wildman–Crippen LogP) is 0.447. The molecule has 2 heterocycles. The average molecular weight is 218 g/mol. The molecule has 2 rings (SSSR count). The summed E-state index contributed by atoms with van der Waals surface area (Å²) in [5.74, 6) is 1.16. The zero-order chi connectivity index (χ0) is 11.4. The maximum absolute atomic E-state index is 5.44. The molecule has 0 spiro atoms. The van der Waals surface area contributed by atoms with E-state index in [1.807, 2.05) is 17.8 Å². The van der Waals surface area contributed by atoms with Crippen molar-refractivity contribution in [3.63, 3.8) is 0 Å². The van der Waals surface area contributed by atoms with Crippen molar-refractivity contribution >= 4 is 11.6 Å². The first-order valence-electron chi connectivity index (χ1n) is 5.04. The Morgan fingerprint density at radius 2 is 2.25 bits per heavy atom. The molecule has 16 heavy (non-hydrogen) atoms. The highest BCUT2D eigenvalue weighted by molar-refractivity contribution is 5.35. The topological polar surface area (TPSA) is 81.7 Å². The molecular weight excluding hydrogens is 204 g/mol. The Labute approximate surface area is 93.5 Å². The minimum atomic E-state index is 0.428. The fourth-order valence-corrected chi connectivity index (χ4v) is 1.39. The Balaban J connectivity index is 1.84. The normalized spacial score (nSPS) is 10.3. The van der Waals surface area contributed by atoms with E-state index in [0.29, 0.717) is 5.82 Å². The Morgan fingerprint density at radius 3 is 2.88 bits per heavy atom. The smallest absolute Gasteiger partial charge is 0.144 e. The van der Waals surface area contributed by atoms with Gasteiger partial charge in [-0.1, -0.05) is 0 Å². The van der Waals surface area contributed by atoms with E-state index in [2.05, 4.69) is 20.4 Å². The fraction of sp³-hybridized carbons (Fsp3) is 0.300. The molecular formula is C10H14N6. The number of anilines is 2. The summed E-state index contributed by atoms with van der Waals surface area (Å²) in [6.07, 6.45) is 5.84. The van der Waals surface area contributed by atoms with Gasteiger partial charge < -0.3 is 11.1 Å². The lowest BCUT2D eigenvalue weighted by molar-refractivity contribution is 0.711. The number of aromatic nitrogens is 4. The number of rotatable bonds is 4. The predicted molar refractivity (Wildman–Crippen MR) is 61.8 cm³/mol. The van der Waals surface area contributed by atoms with Gasteiger partial charge in [-0.25, -0.2) is 9.97 Å². The minimum absolute atomic E-state index is 0.428. The average Bonchev–Trinajstić information content (AvgIpc) is 2.68. The van der Waals surface area contributed by atoms with Gasteiger partial charge >= 0.3 is 0 Å². The van der Waals surface area contributed by atoms with Crippen molar-refractivity contribution in [3.8, 4) is 0 Å². The molecule has 0 radical (unpaired) electrons. The molecule has 2 aromatic heterocycles. The molecule has 3 N–H and O–H groups in total. The monoisotopic (exact) mass is 218 g/mol. The van der Waals surface area contributed by atoms with E-state index < -0.39 is 0 Å². The second-order valence-electron chi connectivity index (χ2n) is 3.45. The van der Waals surface area contributed by atoms with E-state index in [4.69, 9.17) is 5.73 Å². The SMILES string of the molecule is Cn1nccc1CCNc1cnc(N)cn1. The number of aryl methyl sites for hydroxylation is 1. The summed E-state index contributed by atoms with van der Waals surface area (Å²) in [6, 6.07) is 2.00. The van der Waals surface area contributed by atoms with Crippen molar-refractivity contribution < 1.29 is 0 Å². The Bertz CT molecular complexity index is 447. The molecule has 0 aliphatic heterocycles. The van der Waals surface area contributed by atoms with Crippen molar-refractivity contribution in [1.29, 1.82) is 0 Å². The maximum Gasteiger partial charge on any atom is 0.144 e. The molecule has 0 amide bonds. The van der Waals surface area contributed by atoms with E-state index in [1.54, 1.807) is 12.4 Å². The lowest BCUT2D eigenvalue weighted by Gasteiger charge is -2.05. The van der Waals surface area contributed by atoms with Gasteiger partial charge in [0.05, 0.1) is 12.4 Å². The van der Waals surface area contributed by atoms with Crippen LogP contribution in [0.15, 0.2) is 24.7 Å². The third kappa shape index (κ3) is 2.47. The van der Waals surface area contributed by atoms with E-state index in [1.165, 1.54) is 11.9 Å². The largest absolute Gasteiger partial charge is 0.382 e. The van der Waals surface area contributed by atoms with Gasteiger partial charge in [0.15, 0.2) is 0 Å². The molecule has 0 aliphatic rings. The van der Waals surface area contributed by atoms with Crippen LogP contribution in [0.1, 0.15) is 5.69 Å². The Morgan fingerprint density at radius 1 is 1.38 bits per heavy atom. The molecule has 0 aliphatic carbocycles. The molecule has 0 saturated carbocycles. The van der Waals surface area contributed by atoms with Gasteiger partial charge in [0.1, 0.15) is 11.6 Å². The summed E-state index contributed by atoms with van der Waals surface area (Å²) in [5.41, 5.74) is 6.62. The molecule has 84 valence electrons. The number of nitrogens with two attached hydrogens (primary N) is 1. The third-order valence-electron chi connectivity index (χ3n) is 2.28. The molecule has 6 nitrogen and oxygen atoms in total. The highest BCUT2D eigenvalue weighted by Gasteiger charge is 1.98. The summed E-state index contributed by atoms with van der Waals surface area (Å²) in [7, 11) is 1.93. The van der Waals surface area contributed by atoms with Crippen molar-refractivity contribution in [2.45, 2.75) is 6.42 Å². The summed E-state index contributed by atoms with van der Waals surface area (Å²) in [4.78, 5) is 8.05. The number of nitrogens with zero attached hydrogens (tertiary/aromatic N) is 4. The Kier molecular flexibility index (Phi) is 3.00. The van der Waals surface area contributed by atoms with Gasteiger partial charge in [-0.2, -0.15) is 5.10 Å². The first-order valence-corrected chi connectivity index (χ1v) is 5.04. The first-order chi connectivity index (χ1) is 7.75. The summed E-state index contributed by atoms with van der Waals surface area (Å²) in [6.45, 7) is 0.790. The standard InChI is InChI=1S/C10H14N6/c1-16-8(3-5-15-16)2-4-12-10-7-13-9(11)6-14-10/h3,5-7H,2,4H2,1H3,(H2,11,13)(H,12,14). The van der Waals surface area contributed by atoms with Crippen LogP contribution >= 0.6 is 0 Å². The molecule has 0 saturated heterocycles. The second kappa shape index (κ2) is 4.61. The van der Waals surface area contributed by atoms with Crippen LogP contribution in [0, 0.1) is 0 Å². The molecule has 0 bridgehead atoms. The highest BCUT2D eigenvalue weighted by atomic mass is 15.3. The highest BCUT2D eigenvalue weighted by Crippen LogP contribution is 2.03. The van der Waals surface area contributed by atoms with Crippen LogP contribution in [-0.4, -0.2) is 26.3 Å². The van der Waals surface area contributed by atoms with Gasteiger partial charge in [-0.3, -0.25) is 4.68 Å². The summed E-state index contributed by atoms with van der Waals surface area (Å²) < 4.78 is 1.86. The van der Waals surface area contributed by atoms with E-state index in [-0.39, 0.29) is 0 Å². The molecule has 0 aromatic carbocycles. The van der Waals surface area contributed by atoms with Gasteiger partial charge in [-0.05, 0) is 6.07 Å². The quantitative estimate of drug-likeness (QED) is 0.778. The van der Waals surface area contributed by atoms with Gasteiger partial charge in [0.2, 0.25) is 0 Å². The van der Waals surface area contributed by atoms with Crippen LogP contribution in [0.2, 0.25) is 0 Å². The van der Waals surface area contributed by atoms with E-state index in [0.717, 1.165) is 18.8 Å². The molecule has 0 unspecified atom stereocenters. The molecule has 2 aromatic rings. The van der Waals surface area contributed by atoms with Crippen LogP contribution in [0.4, 0.5) is 11.6 Å². The van der Waals surface area contributed by atoms with Crippen LogP contribution < -0.4 is 11.1 Å². The second-order valence-corrected chi connectivity index (χ2v) is 3.45. The lowest BCUT2D eigenvalue weighted by Crippen LogP contribution is -2.09. The number of hydrogen-bond donors (Lipinski definition) is 2. The number of nitrogens with one attached hydrogen (secondary N) is 1. The molecule has 6 heteroatoms. The van der Waals surface area contributed by atoms with Gasteiger partial charge in [0, 0.05) is 31.9 Å². The van der Waals surface area contributed by atoms with E-state index in [9.17, 15) is 0 Å². The van der Waals surface area contributed by atoms with Crippen LogP contribution in [0.5, 0.6) is 0 Å². The zero-order valence-corrected chi connectivity index (χ0v) is 9.09. The minimum Gasteiger partial charge on any atom is -0.382 e. The number of hydrogen-bond acceptors (Lipinski definition) is 5. The van der Waals surface area contributed by atoms with Crippen LogP contribution in [0.3, 0.4) is 0 Å². The third-order valence-corrected chi connectivity index (χ3v) is 2.28. The Hall–Kier alpha value is -2.11. The maximum atomic E-state index is 5.44. The zero-order valence-electron chi connectivity index (χ0n) is 9.09. The fourth-order valence-electron chi connectivity index (χ4n) is 1.39. The van der Waals surface area contributed by atoms with Crippen molar-refractivity contribution in [3.05, 3.63) is 30.4 Å². The molecule has 0 atom stereocenters. The van der Waals surface area contributed by atoms with Crippen molar-refractivity contribution in [1.82, 2.24) is 19.7 Å². The van der Waals surface area contributed by atoms with Crippen molar-refractivity contribution in [2.75, 3.05) is 17.6 Å². The van der Waals surface area contributed by atoms with Gasteiger partial charge in [-0.15, -0.1) is 0 Å². The number of nitrogen functional groups attached to an aromatic ring is 1. The lowest BCUT2D eigenvalue weighted by atomic mass is 10.3. The first kappa shape index (κ1) is 10.4. The van der Waals surface area contributed by atoms with Crippen molar-refractivity contribution in [2.24, 2.45) is 7.05 Å². The van der Waals surface area contributed by atoms with Gasteiger partial charge in [0.25, 0.3) is 0 Å². The molecule has 0 fully saturated rings. The summed E-state index contributed by atoms with van der Waals surface area (Å²) in [5, 5.41) is 7.27.